The highest BCUT2D eigenvalue weighted by atomic mass is 19.1. The van der Waals surface area contributed by atoms with Gasteiger partial charge >= 0.3 is 6.03 Å². The summed E-state index contributed by atoms with van der Waals surface area (Å²) >= 11 is 0. The molecule has 3 aromatic carbocycles. The molecule has 0 radical (unpaired) electrons. The number of hydrogen-bond donors (Lipinski definition) is 1. The van der Waals surface area contributed by atoms with Crippen molar-refractivity contribution in [2.75, 3.05) is 7.11 Å². The third-order valence-electron chi connectivity index (χ3n) is 6.09. The Morgan fingerprint density at radius 1 is 1.03 bits per heavy atom. The van der Waals surface area contributed by atoms with Crippen molar-refractivity contribution in [3.8, 4) is 17.1 Å². The molecule has 0 aliphatic carbocycles. The molecule has 1 N–H and O–H groups in total. The molecule has 2 heterocycles. The van der Waals surface area contributed by atoms with Crippen LogP contribution >= 0.6 is 0 Å². The predicted molar refractivity (Wildman–Crippen MR) is 128 cm³/mol. The van der Waals surface area contributed by atoms with E-state index < -0.39 is 17.9 Å². The van der Waals surface area contributed by atoms with Gasteiger partial charge in [-0.05, 0) is 55.0 Å². The van der Waals surface area contributed by atoms with Gasteiger partial charge in [-0.15, -0.1) is 0 Å². The lowest BCUT2D eigenvalue weighted by atomic mass is 9.94. The summed E-state index contributed by atoms with van der Waals surface area (Å²) in [7, 11) is 1.57. The Balaban J connectivity index is 1.59. The Labute approximate surface area is 206 Å². The zero-order chi connectivity index (χ0) is 25.2. The van der Waals surface area contributed by atoms with E-state index >= 15 is 0 Å². The summed E-state index contributed by atoms with van der Waals surface area (Å²) in [5, 5.41) is 7.05. The first kappa shape index (κ1) is 23.2. The van der Waals surface area contributed by atoms with Crippen molar-refractivity contribution in [3.05, 3.63) is 107 Å². The molecule has 0 spiro atoms. The molecule has 2 amide bonds. The van der Waals surface area contributed by atoms with Crippen LogP contribution in [0.1, 0.15) is 30.0 Å². The minimum atomic E-state index is -0.609. The van der Waals surface area contributed by atoms with Crippen LogP contribution in [0.4, 0.5) is 13.6 Å². The fraction of sp³-hybridized carbons (Fsp3) is 0.148. The zero-order valence-corrected chi connectivity index (χ0v) is 19.5. The predicted octanol–water partition coefficient (Wildman–Crippen LogP) is 5.72. The van der Waals surface area contributed by atoms with Crippen molar-refractivity contribution >= 4 is 11.6 Å². The van der Waals surface area contributed by atoms with Crippen LogP contribution < -0.4 is 10.1 Å². The van der Waals surface area contributed by atoms with Crippen LogP contribution in [0, 0.1) is 11.6 Å². The average Bonchev–Trinajstić information content (AvgIpc) is 3.37. The molecule has 1 aromatic heterocycles. The highest BCUT2D eigenvalue weighted by Gasteiger charge is 2.36. The average molecular weight is 488 g/mol. The van der Waals surface area contributed by atoms with Crippen molar-refractivity contribution in [1.29, 1.82) is 0 Å². The van der Waals surface area contributed by atoms with Crippen LogP contribution in [-0.2, 0) is 6.54 Å². The van der Waals surface area contributed by atoms with Gasteiger partial charge in [0.1, 0.15) is 17.4 Å². The van der Waals surface area contributed by atoms with E-state index in [-0.39, 0.29) is 24.1 Å². The molecule has 1 unspecified atom stereocenters. The van der Waals surface area contributed by atoms with E-state index in [4.69, 9.17) is 9.26 Å². The molecule has 36 heavy (non-hydrogen) atoms. The highest BCUT2D eigenvalue weighted by molar-refractivity contribution is 5.87. The number of hydrogen-bond acceptors (Lipinski definition) is 5. The fourth-order valence-electron chi connectivity index (χ4n) is 4.14. The lowest BCUT2D eigenvalue weighted by Crippen LogP contribution is -2.45. The molecule has 5 rings (SSSR count). The number of rotatable bonds is 6. The second-order valence-corrected chi connectivity index (χ2v) is 8.26. The molecular formula is C27H22F2N4O3. The Morgan fingerprint density at radius 3 is 2.44 bits per heavy atom. The van der Waals surface area contributed by atoms with Crippen LogP contribution in [0.15, 0.2) is 83.0 Å². The van der Waals surface area contributed by atoms with Crippen molar-refractivity contribution in [3.63, 3.8) is 0 Å². The normalized spacial score (nSPS) is 15.7. The molecule has 1 atom stereocenters. The van der Waals surface area contributed by atoms with Gasteiger partial charge in [0.25, 0.3) is 5.89 Å². The maximum atomic E-state index is 14.4. The largest absolute Gasteiger partial charge is 0.497 e. The highest BCUT2D eigenvalue weighted by Crippen LogP contribution is 2.38. The van der Waals surface area contributed by atoms with E-state index in [1.807, 2.05) is 12.1 Å². The van der Waals surface area contributed by atoms with Gasteiger partial charge in [-0.25, -0.2) is 13.6 Å². The van der Waals surface area contributed by atoms with E-state index in [2.05, 4.69) is 15.5 Å². The van der Waals surface area contributed by atoms with E-state index in [0.29, 0.717) is 28.1 Å². The number of nitrogens with zero attached hydrogens (tertiary/aromatic N) is 3. The van der Waals surface area contributed by atoms with E-state index in [1.165, 1.54) is 23.1 Å². The Kier molecular flexibility index (Phi) is 6.20. The number of benzene rings is 3. The van der Waals surface area contributed by atoms with Crippen molar-refractivity contribution in [2.24, 2.45) is 0 Å². The molecule has 0 saturated carbocycles. The van der Waals surface area contributed by atoms with Crippen LogP contribution in [0.3, 0.4) is 0 Å². The van der Waals surface area contributed by atoms with Gasteiger partial charge in [0.05, 0.1) is 25.3 Å². The smallest absolute Gasteiger partial charge is 0.322 e. The first-order valence-corrected chi connectivity index (χ1v) is 11.2. The number of amides is 2. The lowest BCUT2D eigenvalue weighted by Gasteiger charge is -2.35. The van der Waals surface area contributed by atoms with Gasteiger partial charge in [-0.1, -0.05) is 35.5 Å². The molecule has 0 saturated heterocycles. The molecule has 0 fully saturated rings. The lowest BCUT2D eigenvalue weighted by molar-refractivity contribution is 0.202. The van der Waals surface area contributed by atoms with E-state index in [0.717, 1.165) is 5.56 Å². The number of methoxy groups -OCH3 is 1. The minimum absolute atomic E-state index is 0.0160. The Bertz CT molecular complexity index is 1430. The summed E-state index contributed by atoms with van der Waals surface area (Å²) < 4.78 is 38.7. The van der Waals surface area contributed by atoms with Crippen LogP contribution in [-0.4, -0.2) is 28.2 Å². The summed E-state index contributed by atoms with van der Waals surface area (Å²) in [6.45, 7) is 1.77. The molecule has 1 aliphatic rings. The number of carbonyl (C=O) groups is 1. The molecular weight excluding hydrogens is 466 g/mol. The molecule has 1 aliphatic heterocycles. The SMILES string of the molecule is COc1ccc(C2NC(=O)N(Cc3ccccc3F)C(C)=C2c2nc(-c3ccc(F)cc3)no2)cc1. The number of urea groups is 1. The van der Waals surface area contributed by atoms with Crippen LogP contribution in [0.25, 0.3) is 17.0 Å². The third kappa shape index (κ3) is 4.43. The Hall–Kier alpha value is -4.53. The number of ether oxygens (including phenoxy) is 1. The second-order valence-electron chi connectivity index (χ2n) is 8.26. The Morgan fingerprint density at radius 2 is 1.75 bits per heavy atom. The number of nitrogens with one attached hydrogen (secondary N) is 1. The molecule has 7 nitrogen and oxygen atoms in total. The summed E-state index contributed by atoms with van der Waals surface area (Å²) in [6.07, 6.45) is 0. The van der Waals surface area contributed by atoms with Gasteiger partial charge in [-0.3, -0.25) is 4.90 Å². The first-order chi connectivity index (χ1) is 17.4. The van der Waals surface area contributed by atoms with Gasteiger partial charge in [-0.2, -0.15) is 4.98 Å². The summed E-state index contributed by atoms with van der Waals surface area (Å²) in [4.78, 5) is 19.2. The van der Waals surface area contributed by atoms with Crippen LogP contribution in [0.5, 0.6) is 5.75 Å². The standard InChI is InChI=1S/C27H22F2N4O3/c1-16-23(26-31-25(32-36-26)18-7-11-20(28)12-8-18)24(17-9-13-21(35-2)14-10-17)30-27(34)33(16)15-19-5-3-4-6-22(19)29/h3-14,24H,15H2,1-2H3,(H,30,34). The third-order valence-corrected chi connectivity index (χ3v) is 6.09. The van der Waals surface area contributed by atoms with Crippen molar-refractivity contribution < 1.29 is 22.8 Å². The zero-order valence-electron chi connectivity index (χ0n) is 19.5. The number of halogens is 2. The maximum Gasteiger partial charge on any atom is 0.322 e. The summed E-state index contributed by atoms with van der Waals surface area (Å²) in [5.41, 5.74) is 2.82. The molecule has 9 heteroatoms. The quantitative estimate of drug-likeness (QED) is 0.375. The second kappa shape index (κ2) is 9.61. The number of carbonyl (C=O) groups excluding carboxylic acids is 1. The maximum absolute atomic E-state index is 14.4. The van der Waals surface area contributed by atoms with Gasteiger partial charge < -0.3 is 14.6 Å². The topological polar surface area (TPSA) is 80.5 Å². The molecule has 4 aromatic rings. The molecule has 0 bridgehead atoms. The monoisotopic (exact) mass is 488 g/mol. The van der Waals surface area contributed by atoms with Crippen molar-refractivity contribution in [2.45, 2.75) is 19.5 Å². The van der Waals surface area contributed by atoms with Gasteiger partial charge in [0, 0.05) is 16.8 Å². The summed E-state index contributed by atoms with van der Waals surface area (Å²) in [6, 6.07) is 18.3. The molecule has 182 valence electrons. The van der Waals surface area contributed by atoms with Crippen LogP contribution in [0.2, 0.25) is 0 Å². The van der Waals surface area contributed by atoms with Gasteiger partial charge in [0.15, 0.2) is 0 Å². The summed E-state index contributed by atoms with van der Waals surface area (Å²) in [5.74, 6) is 0.343. The van der Waals surface area contributed by atoms with Crippen molar-refractivity contribution in [1.82, 2.24) is 20.4 Å². The fourth-order valence-corrected chi connectivity index (χ4v) is 4.14. The number of allylic oxidation sites excluding steroid dienone is 1. The number of aromatic nitrogens is 2. The van der Waals surface area contributed by atoms with E-state index in [1.54, 1.807) is 56.5 Å². The minimum Gasteiger partial charge on any atom is -0.497 e. The van der Waals surface area contributed by atoms with Gasteiger partial charge in [0.2, 0.25) is 5.82 Å². The first-order valence-electron chi connectivity index (χ1n) is 11.2. The van der Waals surface area contributed by atoms with E-state index in [9.17, 15) is 13.6 Å².